The molecule has 7 amide bonds. The highest BCUT2D eigenvalue weighted by atomic mass is 35.5. The number of nitrogens with two attached hydrogens (primary N) is 2. The van der Waals surface area contributed by atoms with Crippen LogP contribution in [0.25, 0.3) is 11.1 Å². The Bertz CT molecular complexity index is 2640. The van der Waals surface area contributed by atoms with E-state index in [0.717, 1.165) is 78.2 Å². The van der Waals surface area contributed by atoms with Crippen molar-refractivity contribution in [2.24, 2.45) is 11.5 Å². The second-order valence-corrected chi connectivity index (χ2v) is 19.4. The Labute approximate surface area is 438 Å². The minimum absolute atomic E-state index is 0. The molecule has 2 aliphatic heterocycles. The molecule has 0 saturated carbocycles. The quantitative estimate of drug-likeness (QED) is 0.0446. The van der Waals surface area contributed by atoms with Gasteiger partial charge in [0.15, 0.2) is 0 Å². The molecular formula is C54H71ClN10O9. The number of benzene rings is 2. The summed E-state index contributed by atoms with van der Waals surface area (Å²) in [6.07, 6.45) is 14.0. The Morgan fingerprint density at radius 3 is 2.27 bits per heavy atom. The van der Waals surface area contributed by atoms with Crippen molar-refractivity contribution in [2.75, 3.05) is 25.0 Å². The summed E-state index contributed by atoms with van der Waals surface area (Å²) in [5, 5.41) is 20.4. The average Bonchev–Trinajstić information content (AvgIpc) is 3.80. The van der Waals surface area contributed by atoms with E-state index >= 15 is 0 Å². The summed E-state index contributed by atoms with van der Waals surface area (Å²) in [4.78, 5) is 110. The van der Waals surface area contributed by atoms with Gasteiger partial charge >= 0.3 is 12.0 Å². The molecule has 0 bridgehead atoms. The van der Waals surface area contributed by atoms with E-state index < -0.39 is 65.7 Å². The fourth-order valence-corrected chi connectivity index (χ4v) is 9.35. The number of unbranched alkanes of at least 4 members (excludes halogenated alkanes) is 6. The number of aliphatic carboxylic acids is 1. The number of carbonyl (C=O) groups excluding carboxylic acids is 6. The molecular weight excluding hydrogens is 968 g/mol. The van der Waals surface area contributed by atoms with Gasteiger partial charge in [0.25, 0.3) is 11.5 Å². The minimum atomic E-state index is -1.17. The molecule has 0 spiro atoms. The first-order valence-electron chi connectivity index (χ1n) is 25.4. The van der Waals surface area contributed by atoms with Crippen LogP contribution in [0.1, 0.15) is 124 Å². The molecule has 4 heterocycles. The number of halogens is 1. The Morgan fingerprint density at radius 1 is 0.824 bits per heavy atom. The Hall–Kier alpha value is -7.12. The van der Waals surface area contributed by atoms with Gasteiger partial charge in [0, 0.05) is 74.4 Å². The summed E-state index contributed by atoms with van der Waals surface area (Å²) < 4.78 is 1.01. The highest BCUT2D eigenvalue weighted by Gasteiger charge is 2.45. The standard InChI is InChI=1S/C54H70N10O9.ClH/c1-35(2)38-16-14-36(15-17-38)30-59-51(70)45(20-22-47(56)65)61-52(71)46-21-19-43-24-26-62(33-44(55)53(72)64(43)46)54(73)58-25-9-7-5-3-4-6-8-11-37-27-41(31-57-29-37)39-12-10-13-40(28-39)50(69)60-42-18-23-48(66)63(32-42)34-49(67)68;/h10,12-18,23,27-29,31-32,35,43-46H,3-9,11,19-22,24-26,30,33-34,55H2,1-2H3,(H2,56,65)(H,58,73)(H,59,70)(H,60,69)(H,61,71)(H,67,68);1H/t43-,44+,45+,46+;/m1./s1. The van der Waals surface area contributed by atoms with E-state index in [1.54, 1.807) is 29.3 Å². The van der Waals surface area contributed by atoms with E-state index in [4.69, 9.17) is 16.6 Å². The average molecular weight is 1040 g/mol. The van der Waals surface area contributed by atoms with E-state index in [2.05, 4.69) is 46.2 Å². The number of urea groups is 1. The number of carboxylic acids is 1. The number of anilines is 1. The van der Waals surface area contributed by atoms with Crippen LogP contribution >= 0.6 is 12.4 Å². The molecule has 6 rings (SSSR count). The molecule has 9 N–H and O–H groups in total. The third-order valence-electron chi connectivity index (χ3n) is 13.5. The Morgan fingerprint density at radius 2 is 1.55 bits per heavy atom. The molecule has 74 heavy (non-hydrogen) atoms. The van der Waals surface area contributed by atoms with Gasteiger partial charge in [-0.05, 0) is 97.4 Å². The molecule has 4 aromatic rings. The van der Waals surface area contributed by atoms with Crippen molar-refractivity contribution in [1.29, 1.82) is 0 Å². The highest BCUT2D eigenvalue weighted by molar-refractivity contribution is 6.05. The summed E-state index contributed by atoms with van der Waals surface area (Å²) in [6, 6.07) is 16.2. The predicted octanol–water partition coefficient (Wildman–Crippen LogP) is 5.23. The van der Waals surface area contributed by atoms with E-state index in [-0.39, 0.29) is 50.4 Å². The first-order valence-corrected chi connectivity index (χ1v) is 25.4. The van der Waals surface area contributed by atoms with Gasteiger partial charge in [0.1, 0.15) is 24.7 Å². The molecule has 2 aromatic carbocycles. The highest BCUT2D eigenvalue weighted by Crippen LogP contribution is 2.30. The molecule has 0 aliphatic carbocycles. The maximum Gasteiger partial charge on any atom is 0.323 e. The smallest absolute Gasteiger partial charge is 0.323 e. The zero-order valence-electron chi connectivity index (χ0n) is 42.3. The lowest BCUT2D eigenvalue weighted by Crippen LogP contribution is -2.61. The first kappa shape index (κ1) is 57.8. The van der Waals surface area contributed by atoms with Crippen molar-refractivity contribution in [1.82, 2.24) is 35.3 Å². The molecule has 19 nitrogen and oxygen atoms in total. The summed E-state index contributed by atoms with van der Waals surface area (Å²) in [5.74, 6) is -3.20. The molecule has 2 fully saturated rings. The van der Waals surface area contributed by atoms with Gasteiger partial charge in [-0.25, -0.2) is 4.79 Å². The largest absolute Gasteiger partial charge is 0.480 e. The number of nitrogens with zero attached hydrogens (tertiary/aromatic N) is 4. The molecule has 20 heteroatoms. The van der Waals surface area contributed by atoms with E-state index in [1.165, 1.54) is 28.8 Å². The SMILES string of the molecule is CC(C)c1ccc(CNC(=O)[C@H](CCC(N)=O)NC(=O)[C@@H]2CC[C@@H]3CCN(C(=O)NCCCCCCCCCc4cncc(-c5cccc(C(=O)Nc6ccc(=O)n(CC(=O)O)c6)c5)c4)C[C@H](N)C(=O)N32)cc1.Cl. The number of aryl methyl sites for hydroxylation is 1. The monoisotopic (exact) mass is 1040 g/mol. The fourth-order valence-electron chi connectivity index (χ4n) is 9.35. The second kappa shape index (κ2) is 28.4. The number of pyridine rings is 2. The van der Waals surface area contributed by atoms with Crippen LogP contribution in [-0.4, -0.2) is 110 Å². The topological polar surface area (TPSA) is 281 Å². The van der Waals surface area contributed by atoms with Gasteiger partial charge in [-0.15, -0.1) is 12.4 Å². The number of amides is 7. The van der Waals surface area contributed by atoms with Gasteiger partial charge in [-0.2, -0.15) is 0 Å². The van der Waals surface area contributed by atoms with Crippen LogP contribution in [-0.2, 0) is 43.5 Å². The van der Waals surface area contributed by atoms with Crippen molar-refractivity contribution in [3.05, 3.63) is 118 Å². The number of aromatic nitrogens is 2. The molecule has 2 saturated heterocycles. The summed E-state index contributed by atoms with van der Waals surface area (Å²) in [5.41, 5.74) is 16.9. The lowest BCUT2D eigenvalue weighted by Gasteiger charge is -2.37. The normalized spacial score (nSPS) is 16.8. The van der Waals surface area contributed by atoms with Crippen molar-refractivity contribution >= 4 is 59.6 Å². The van der Waals surface area contributed by atoms with Crippen LogP contribution in [0.5, 0.6) is 0 Å². The zero-order chi connectivity index (χ0) is 52.4. The van der Waals surface area contributed by atoms with Gasteiger partial charge in [0.05, 0.1) is 5.69 Å². The molecule has 2 aliphatic rings. The van der Waals surface area contributed by atoms with Gasteiger partial charge in [-0.3, -0.25) is 38.5 Å². The number of carboxylic acid groups (broad SMARTS) is 1. The van der Waals surface area contributed by atoms with Crippen LogP contribution in [0.4, 0.5) is 10.5 Å². The number of fused-ring (bicyclic) bond motifs is 1. The third kappa shape index (κ3) is 17.0. The van der Waals surface area contributed by atoms with Crippen LogP contribution in [0.15, 0.2) is 90.1 Å². The molecule has 398 valence electrons. The Balaban J connectivity index is 0.0000101. The Kier molecular flexibility index (Phi) is 22.1. The fraction of sp³-hybridized carbons (Fsp3) is 0.463. The third-order valence-corrected chi connectivity index (χ3v) is 13.5. The van der Waals surface area contributed by atoms with E-state index in [1.807, 2.05) is 36.5 Å². The first-order chi connectivity index (χ1) is 35.1. The number of hydrogen-bond donors (Lipinski definition) is 7. The summed E-state index contributed by atoms with van der Waals surface area (Å²) >= 11 is 0. The van der Waals surface area contributed by atoms with Crippen molar-refractivity contribution in [3.63, 3.8) is 0 Å². The van der Waals surface area contributed by atoms with E-state index in [9.17, 15) is 38.4 Å². The van der Waals surface area contributed by atoms with Gasteiger partial charge < -0.3 is 52.2 Å². The number of rotatable bonds is 24. The minimum Gasteiger partial charge on any atom is -0.480 e. The van der Waals surface area contributed by atoms with Crippen LogP contribution < -0.4 is 38.3 Å². The summed E-state index contributed by atoms with van der Waals surface area (Å²) in [7, 11) is 0. The van der Waals surface area contributed by atoms with Crippen LogP contribution in [0.3, 0.4) is 0 Å². The van der Waals surface area contributed by atoms with Crippen molar-refractivity contribution in [2.45, 2.75) is 140 Å². The number of carbonyl (C=O) groups is 7. The molecule has 0 unspecified atom stereocenters. The zero-order valence-corrected chi connectivity index (χ0v) is 43.1. The predicted molar refractivity (Wildman–Crippen MR) is 283 cm³/mol. The lowest BCUT2D eigenvalue weighted by atomic mass is 10.0. The number of nitrogens with one attached hydrogen (secondary N) is 4. The number of hydrogen-bond acceptors (Lipinski definition) is 10. The van der Waals surface area contributed by atoms with Crippen LogP contribution in [0, 0.1) is 0 Å². The number of primary amides is 1. The van der Waals surface area contributed by atoms with Crippen molar-refractivity contribution < 1.29 is 38.7 Å². The summed E-state index contributed by atoms with van der Waals surface area (Å²) in [6.45, 7) is 4.76. The maximum absolute atomic E-state index is 13.8. The van der Waals surface area contributed by atoms with Crippen molar-refractivity contribution in [3.8, 4) is 11.1 Å². The lowest BCUT2D eigenvalue weighted by molar-refractivity contribution is -0.143. The van der Waals surface area contributed by atoms with Crippen LogP contribution in [0.2, 0.25) is 0 Å². The van der Waals surface area contributed by atoms with Gasteiger partial charge in [-0.1, -0.05) is 82.3 Å². The molecule has 0 radical (unpaired) electrons. The van der Waals surface area contributed by atoms with E-state index in [0.29, 0.717) is 49.5 Å². The molecule has 2 aromatic heterocycles. The molecule has 4 atom stereocenters. The maximum atomic E-state index is 13.8. The van der Waals surface area contributed by atoms with Gasteiger partial charge in [0.2, 0.25) is 23.6 Å². The second-order valence-electron chi connectivity index (χ2n) is 19.4.